The minimum Gasteiger partial charge on any atom is -0.478 e. The number of Topliss-reactive ketones (excluding diaryl/α,β-unsaturated/α-hetero) is 1. The van der Waals surface area contributed by atoms with E-state index in [9.17, 15) is 14.4 Å². The highest BCUT2D eigenvalue weighted by Gasteiger charge is 2.28. The molecule has 1 saturated heterocycles. The minimum absolute atomic E-state index is 0.0754. The van der Waals surface area contributed by atoms with E-state index in [1.807, 2.05) is 30.3 Å². The standard InChI is InChI=1S/C21H21NO4/c1-14-11-17(13-18(12-14)21(25)26)20(24)22-9-7-16(8-10-22)19(23)15-5-3-2-4-6-15/h2-6,11-13,16H,7-10H2,1H3,(H,25,26). The van der Waals surface area contributed by atoms with E-state index in [1.165, 1.54) is 6.07 Å². The van der Waals surface area contributed by atoms with Crippen molar-refractivity contribution in [2.24, 2.45) is 5.92 Å². The number of ketones is 1. The van der Waals surface area contributed by atoms with Crippen molar-refractivity contribution in [2.75, 3.05) is 13.1 Å². The van der Waals surface area contributed by atoms with Gasteiger partial charge in [-0.3, -0.25) is 9.59 Å². The molecule has 134 valence electrons. The predicted molar refractivity (Wildman–Crippen MR) is 97.5 cm³/mol. The van der Waals surface area contributed by atoms with E-state index < -0.39 is 5.97 Å². The number of rotatable bonds is 4. The van der Waals surface area contributed by atoms with Crippen molar-refractivity contribution < 1.29 is 19.5 Å². The molecule has 1 amide bonds. The fraction of sp³-hybridized carbons (Fsp3) is 0.286. The van der Waals surface area contributed by atoms with E-state index in [0.717, 1.165) is 5.56 Å². The van der Waals surface area contributed by atoms with Crippen LogP contribution in [0.25, 0.3) is 0 Å². The van der Waals surface area contributed by atoms with Crippen LogP contribution in [0.4, 0.5) is 0 Å². The lowest BCUT2D eigenvalue weighted by molar-refractivity contribution is 0.0650. The van der Waals surface area contributed by atoms with Crippen molar-refractivity contribution in [1.82, 2.24) is 4.90 Å². The predicted octanol–water partition coefficient (Wildman–Crippen LogP) is 3.43. The Morgan fingerprint density at radius 2 is 1.54 bits per heavy atom. The number of aryl methyl sites for hydroxylation is 1. The first kappa shape index (κ1) is 17.9. The average molecular weight is 351 g/mol. The van der Waals surface area contributed by atoms with Crippen molar-refractivity contribution in [3.05, 3.63) is 70.8 Å². The highest BCUT2D eigenvalue weighted by atomic mass is 16.4. The monoisotopic (exact) mass is 351 g/mol. The largest absolute Gasteiger partial charge is 0.478 e. The number of likely N-dealkylation sites (tertiary alicyclic amines) is 1. The molecular formula is C21H21NO4. The quantitative estimate of drug-likeness (QED) is 0.857. The number of amides is 1. The molecule has 26 heavy (non-hydrogen) atoms. The van der Waals surface area contributed by atoms with Crippen LogP contribution < -0.4 is 0 Å². The maximum absolute atomic E-state index is 12.7. The summed E-state index contributed by atoms with van der Waals surface area (Å²) in [7, 11) is 0. The average Bonchev–Trinajstić information content (AvgIpc) is 2.67. The van der Waals surface area contributed by atoms with E-state index in [2.05, 4.69) is 0 Å². The number of carboxylic acid groups (broad SMARTS) is 1. The third-order valence-electron chi connectivity index (χ3n) is 4.78. The Kier molecular flexibility index (Phi) is 5.16. The molecule has 5 heteroatoms. The molecule has 3 rings (SSSR count). The zero-order chi connectivity index (χ0) is 18.7. The Morgan fingerprint density at radius 1 is 0.923 bits per heavy atom. The fourth-order valence-corrected chi connectivity index (χ4v) is 3.40. The van der Waals surface area contributed by atoms with Crippen molar-refractivity contribution >= 4 is 17.7 Å². The Balaban J connectivity index is 1.67. The maximum atomic E-state index is 12.7. The van der Waals surface area contributed by atoms with Gasteiger partial charge in [-0.1, -0.05) is 30.3 Å². The minimum atomic E-state index is -1.05. The van der Waals surface area contributed by atoms with Crippen LogP contribution in [0.1, 0.15) is 49.5 Å². The molecule has 0 atom stereocenters. The third-order valence-corrected chi connectivity index (χ3v) is 4.78. The van der Waals surface area contributed by atoms with Crippen LogP contribution in [-0.4, -0.2) is 40.8 Å². The number of carbonyl (C=O) groups excluding carboxylic acids is 2. The van der Waals surface area contributed by atoms with Gasteiger partial charge in [-0.15, -0.1) is 0 Å². The van der Waals surface area contributed by atoms with Crippen molar-refractivity contribution in [3.8, 4) is 0 Å². The molecule has 1 heterocycles. The Labute approximate surface area is 152 Å². The van der Waals surface area contributed by atoms with Crippen LogP contribution in [0.5, 0.6) is 0 Å². The Morgan fingerprint density at radius 3 is 2.15 bits per heavy atom. The van der Waals surface area contributed by atoms with Gasteiger partial charge in [0.1, 0.15) is 0 Å². The summed E-state index contributed by atoms with van der Waals surface area (Å²) in [5, 5.41) is 9.17. The van der Waals surface area contributed by atoms with Crippen LogP contribution in [0, 0.1) is 12.8 Å². The molecule has 1 fully saturated rings. The molecule has 0 saturated carbocycles. The normalized spacial score (nSPS) is 14.9. The summed E-state index contributed by atoms with van der Waals surface area (Å²) in [6, 6.07) is 13.9. The van der Waals surface area contributed by atoms with Gasteiger partial charge >= 0.3 is 5.97 Å². The van der Waals surface area contributed by atoms with Crippen LogP contribution >= 0.6 is 0 Å². The van der Waals surface area contributed by atoms with Crippen LogP contribution in [-0.2, 0) is 0 Å². The summed E-state index contributed by atoms with van der Waals surface area (Å²) >= 11 is 0. The molecule has 1 aliphatic heterocycles. The molecule has 0 unspecified atom stereocenters. The zero-order valence-corrected chi connectivity index (χ0v) is 14.6. The van der Waals surface area contributed by atoms with Gasteiger partial charge in [0, 0.05) is 30.1 Å². The highest BCUT2D eigenvalue weighted by molar-refractivity contribution is 5.99. The molecule has 0 radical (unpaired) electrons. The van der Waals surface area contributed by atoms with Crippen LogP contribution in [0.15, 0.2) is 48.5 Å². The first-order valence-corrected chi connectivity index (χ1v) is 8.69. The Bertz CT molecular complexity index is 836. The molecule has 0 aromatic heterocycles. The number of carbonyl (C=O) groups is 3. The van der Waals surface area contributed by atoms with E-state index in [-0.39, 0.29) is 23.2 Å². The van der Waals surface area contributed by atoms with Gasteiger partial charge in [0.05, 0.1) is 5.56 Å². The summed E-state index contributed by atoms with van der Waals surface area (Å²) in [6.07, 6.45) is 1.24. The van der Waals surface area contributed by atoms with Gasteiger partial charge in [-0.25, -0.2) is 4.79 Å². The van der Waals surface area contributed by atoms with Gasteiger partial charge < -0.3 is 10.0 Å². The van der Waals surface area contributed by atoms with Crippen LogP contribution in [0.3, 0.4) is 0 Å². The zero-order valence-electron chi connectivity index (χ0n) is 14.6. The fourth-order valence-electron chi connectivity index (χ4n) is 3.40. The number of hydrogen-bond donors (Lipinski definition) is 1. The summed E-state index contributed by atoms with van der Waals surface area (Å²) < 4.78 is 0. The summed E-state index contributed by atoms with van der Waals surface area (Å²) in [6.45, 7) is 2.77. The molecule has 2 aromatic carbocycles. The Hall–Kier alpha value is -2.95. The second kappa shape index (κ2) is 7.52. The van der Waals surface area contributed by atoms with E-state index >= 15 is 0 Å². The summed E-state index contributed by atoms with van der Waals surface area (Å²) in [5.74, 6) is -1.17. The number of aromatic carboxylic acids is 1. The molecule has 0 aliphatic carbocycles. The molecule has 1 aliphatic rings. The first-order valence-electron chi connectivity index (χ1n) is 8.69. The van der Waals surface area contributed by atoms with Gasteiger partial charge in [0.2, 0.25) is 0 Å². The lowest BCUT2D eigenvalue weighted by Gasteiger charge is -2.31. The SMILES string of the molecule is Cc1cc(C(=O)O)cc(C(=O)N2CCC(C(=O)c3ccccc3)CC2)c1. The molecular weight excluding hydrogens is 330 g/mol. The van der Waals surface area contributed by atoms with Gasteiger partial charge in [0.25, 0.3) is 5.91 Å². The van der Waals surface area contributed by atoms with E-state index in [1.54, 1.807) is 24.0 Å². The molecule has 2 aromatic rings. The molecule has 0 bridgehead atoms. The molecule has 0 spiro atoms. The smallest absolute Gasteiger partial charge is 0.335 e. The van der Waals surface area contributed by atoms with E-state index in [4.69, 9.17) is 5.11 Å². The van der Waals surface area contributed by atoms with Crippen molar-refractivity contribution in [1.29, 1.82) is 0 Å². The van der Waals surface area contributed by atoms with Gasteiger partial charge in [-0.05, 0) is 43.5 Å². The maximum Gasteiger partial charge on any atom is 0.335 e. The third kappa shape index (κ3) is 3.82. The summed E-state index contributed by atoms with van der Waals surface area (Å²) in [5.41, 5.74) is 1.95. The number of hydrogen-bond acceptors (Lipinski definition) is 3. The molecule has 1 N–H and O–H groups in total. The second-order valence-electron chi connectivity index (χ2n) is 6.69. The number of benzene rings is 2. The van der Waals surface area contributed by atoms with Crippen molar-refractivity contribution in [2.45, 2.75) is 19.8 Å². The van der Waals surface area contributed by atoms with Gasteiger partial charge in [0.15, 0.2) is 5.78 Å². The summed E-state index contributed by atoms with van der Waals surface area (Å²) in [4.78, 5) is 38.2. The lowest BCUT2D eigenvalue weighted by atomic mass is 9.88. The molecule has 5 nitrogen and oxygen atoms in total. The first-order chi connectivity index (χ1) is 12.5. The second-order valence-corrected chi connectivity index (χ2v) is 6.69. The lowest BCUT2D eigenvalue weighted by Crippen LogP contribution is -2.40. The van der Waals surface area contributed by atoms with Gasteiger partial charge in [-0.2, -0.15) is 0 Å². The number of nitrogens with zero attached hydrogens (tertiary/aromatic N) is 1. The van der Waals surface area contributed by atoms with E-state index in [0.29, 0.717) is 37.1 Å². The topological polar surface area (TPSA) is 74.7 Å². The van der Waals surface area contributed by atoms with Crippen molar-refractivity contribution in [3.63, 3.8) is 0 Å². The number of piperidine rings is 1. The van der Waals surface area contributed by atoms with Crippen LogP contribution in [0.2, 0.25) is 0 Å². The number of carboxylic acids is 1. The highest BCUT2D eigenvalue weighted by Crippen LogP contribution is 2.23.